The molecule has 0 saturated heterocycles. The van der Waals surface area contributed by atoms with Crippen LogP contribution in [0.3, 0.4) is 0 Å². The molecule has 0 aliphatic heterocycles. The highest BCUT2D eigenvalue weighted by atomic mass is 15.0. The van der Waals surface area contributed by atoms with Crippen molar-refractivity contribution in [1.29, 1.82) is 0 Å². The lowest BCUT2D eigenvalue weighted by Gasteiger charge is -2.12. The molecule has 0 amide bonds. The van der Waals surface area contributed by atoms with Crippen molar-refractivity contribution < 1.29 is 0 Å². The summed E-state index contributed by atoms with van der Waals surface area (Å²) in [6, 6.07) is 77.7. The van der Waals surface area contributed by atoms with E-state index in [-0.39, 0.29) is 0 Å². The Kier molecular flexibility index (Phi) is 10.7. The van der Waals surface area contributed by atoms with Crippen molar-refractivity contribution in [1.82, 2.24) is 4.57 Å². The first-order valence-corrected chi connectivity index (χ1v) is 19.3. The van der Waals surface area contributed by atoms with Crippen LogP contribution in [0.15, 0.2) is 218 Å². The Morgan fingerprint density at radius 1 is 0.286 bits per heavy atom. The van der Waals surface area contributed by atoms with E-state index in [1.807, 2.05) is 24.3 Å². The third kappa shape index (κ3) is 7.94. The van der Waals surface area contributed by atoms with Crippen molar-refractivity contribution in [2.75, 3.05) is 0 Å². The van der Waals surface area contributed by atoms with Gasteiger partial charge >= 0.3 is 0 Å². The van der Waals surface area contributed by atoms with Gasteiger partial charge in [-0.15, -0.1) is 0 Å². The standard InChI is InChI=1S/C35H25N.C13H12.C7H8/c1-24-14-16-26(17-15-24)29-19-21-34-33(23-29)32-20-18-27-10-5-6-13-31(27)35(32)36(34)30-12-7-11-28(22-30)25-8-3-2-4-9-25;1-11-7-9-13(10-8-11)12-5-3-2-4-6-12;1-7-5-3-2-4-6-7/h2-23H,1H3;2-10H,1H3;2-6H,1H3. The summed E-state index contributed by atoms with van der Waals surface area (Å²) in [5.74, 6) is 0. The summed E-state index contributed by atoms with van der Waals surface area (Å²) in [7, 11) is 0. The molecule has 0 spiro atoms. The minimum atomic E-state index is 1.18. The van der Waals surface area contributed by atoms with Crippen molar-refractivity contribution in [2.24, 2.45) is 0 Å². The second-order valence-corrected chi connectivity index (χ2v) is 14.4. The van der Waals surface area contributed by atoms with Gasteiger partial charge in [-0.1, -0.05) is 211 Å². The van der Waals surface area contributed by atoms with E-state index in [1.165, 1.54) is 88.3 Å². The number of aromatic nitrogens is 1. The molecule has 0 N–H and O–H groups in total. The van der Waals surface area contributed by atoms with Gasteiger partial charge in [-0.05, 0) is 83.8 Å². The molecule has 1 heterocycles. The highest BCUT2D eigenvalue weighted by molar-refractivity contribution is 6.19. The fourth-order valence-corrected chi connectivity index (χ4v) is 7.34. The van der Waals surface area contributed by atoms with E-state index in [0.717, 1.165) is 0 Å². The van der Waals surface area contributed by atoms with Gasteiger partial charge in [0.1, 0.15) is 0 Å². The summed E-state index contributed by atoms with van der Waals surface area (Å²) in [6.07, 6.45) is 0. The molecule has 0 unspecified atom stereocenters. The fraction of sp³-hybridized carbons (Fsp3) is 0.0545. The van der Waals surface area contributed by atoms with E-state index in [1.54, 1.807) is 0 Å². The van der Waals surface area contributed by atoms with E-state index in [0.29, 0.717) is 0 Å². The van der Waals surface area contributed by atoms with Crippen molar-refractivity contribution in [3.05, 3.63) is 235 Å². The van der Waals surface area contributed by atoms with Gasteiger partial charge in [0.2, 0.25) is 0 Å². The van der Waals surface area contributed by atoms with Gasteiger partial charge in [-0.25, -0.2) is 0 Å². The normalized spacial score (nSPS) is 10.8. The lowest BCUT2D eigenvalue weighted by Crippen LogP contribution is -1.95. The predicted molar refractivity (Wildman–Crippen MR) is 242 cm³/mol. The maximum absolute atomic E-state index is 2.44. The molecule has 0 aliphatic rings. The van der Waals surface area contributed by atoms with Gasteiger partial charge in [0, 0.05) is 21.8 Å². The van der Waals surface area contributed by atoms with Gasteiger partial charge in [0.25, 0.3) is 0 Å². The lowest BCUT2D eigenvalue weighted by atomic mass is 10.0. The molecule has 10 rings (SSSR count). The quantitative estimate of drug-likeness (QED) is 0.171. The zero-order chi connectivity index (χ0) is 38.3. The predicted octanol–water partition coefficient (Wildman–Crippen LogP) is 15.2. The summed E-state index contributed by atoms with van der Waals surface area (Å²) >= 11 is 0. The number of benzene rings is 9. The fourth-order valence-electron chi connectivity index (χ4n) is 7.34. The van der Waals surface area contributed by atoms with Crippen LogP contribution in [0.25, 0.3) is 71.6 Å². The summed E-state index contributed by atoms with van der Waals surface area (Å²) in [6.45, 7) is 6.32. The molecule has 270 valence electrons. The van der Waals surface area contributed by atoms with Crippen LogP contribution in [0.1, 0.15) is 16.7 Å². The van der Waals surface area contributed by atoms with E-state index in [4.69, 9.17) is 0 Å². The molecule has 1 aromatic heterocycles. The topological polar surface area (TPSA) is 4.93 Å². The number of aryl methyl sites for hydroxylation is 3. The molecular weight excluding hydrogens is 675 g/mol. The second kappa shape index (κ2) is 16.6. The zero-order valence-corrected chi connectivity index (χ0v) is 32.2. The van der Waals surface area contributed by atoms with Gasteiger partial charge in [0.15, 0.2) is 0 Å². The van der Waals surface area contributed by atoms with Crippen LogP contribution in [0, 0.1) is 20.8 Å². The average molecular weight is 720 g/mol. The Morgan fingerprint density at radius 2 is 0.750 bits per heavy atom. The average Bonchev–Trinajstić information content (AvgIpc) is 3.60. The van der Waals surface area contributed by atoms with E-state index in [2.05, 4.69) is 219 Å². The molecule has 1 nitrogen and oxygen atoms in total. The number of hydrogen-bond acceptors (Lipinski definition) is 0. The summed E-state index contributed by atoms with van der Waals surface area (Å²) in [4.78, 5) is 0. The van der Waals surface area contributed by atoms with Crippen molar-refractivity contribution in [3.63, 3.8) is 0 Å². The molecule has 56 heavy (non-hydrogen) atoms. The Bertz CT molecular complexity index is 2830. The Labute approximate surface area is 330 Å². The molecule has 0 bridgehead atoms. The van der Waals surface area contributed by atoms with Crippen molar-refractivity contribution >= 4 is 32.6 Å². The van der Waals surface area contributed by atoms with Crippen LogP contribution < -0.4 is 0 Å². The Morgan fingerprint density at radius 3 is 1.36 bits per heavy atom. The van der Waals surface area contributed by atoms with Crippen LogP contribution in [0.4, 0.5) is 0 Å². The third-order valence-corrected chi connectivity index (χ3v) is 10.3. The molecule has 10 aromatic rings. The van der Waals surface area contributed by atoms with Crippen molar-refractivity contribution in [2.45, 2.75) is 20.8 Å². The monoisotopic (exact) mass is 719 g/mol. The molecule has 0 saturated carbocycles. The summed E-state index contributed by atoms with van der Waals surface area (Å²) in [5.41, 5.74) is 15.1. The van der Waals surface area contributed by atoms with E-state index in [9.17, 15) is 0 Å². The van der Waals surface area contributed by atoms with E-state index < -0.39 is 0 Å². The Balaban J connectivity index is 0.000000180. The van der Waals surface area contributed by atoms with Crippen LogP contribution in [-0.2, 0) is 0 Å². The zero-order valence-electron chi connectivity index (χ0n) is 32.2. The number of nitrogens with zero attached hydrogens (tertiary/aromatic N) is 1. The van der Waals surface area contributed by atoms with Crippen LogP contribution >= 0.6 is 0 Å². The first-order valence-electron chi connectivity index (χ1n) is 19.3. The minimum Gasteiger partial charge on any atom is -0.309 e. The van der Waals surface area contributed by atoms with Gasteiger partial charge in [-0.2, -0.15) is 0 Å². The molecule has 0 aliphatic carbocycles. The highest BCUT2D eigenvalue weighted by Gasteiger charge is 2.16. The first kappa shape index (κ1) is 36.0. The number of fused-ring (bicyclic) bond motifs is 5. The van der Waals surface area contributed by atoms with Crippen LogP contribution in [0.2, 0.25) is 0 Å². The molecule has 1 heteroatoms. The van der Waals surface area contributed by atoms with Gasteiger partial charge < -0.3 is 4.57 Å². The largest absolute Gasteiger partial charge is 0.309 e. The Hall–Kier alpha value is -6.96. The lowest BCUT2D eigenvalue weighted by molar-refractivity contribution is 1.19. The molecule has 0 fully saturated rings. The second-order valence-electron chi connectivity index (χ2n) is 14.4. The third-order valence-electron chi connectivity index (χ3n) is 10.3. The number of rotatable bonds is 4. The summed E-state index contributed by atoms with van der Waals surface area (Å²) in [5, 5.41) is 5.09. The van der Waals surface area contributed by atoms with Crippen molar-refractivity contribution in [3.8, 4) is 39.1 Å². The SMILES string of the molecule is Cc1ccc(-c2ccc3c(c2)c2ccc4ccccc4c2n3-c2cccc(-c3ccccc3)c2)cc1.Cc1ccc(-c2ccccc2)cc1.Cc1ccccc1. The van der Waals surface area contributed by atoms with Crippen LogP contribution in [0.5, 0.6) is 0 Å². The molecule has 9 aromatic carbocycles. The van der Waals surface area contributed by atoms with E-state index >= 15 is 0 Å². The molecule has 0 radical (unpaired) electrons. The molecular formula is C55H45N. The number of hydrogen-bond donors (Lipinski definition) is 0. The smallest absolute Gasteiger partial charge is 0.0619 e. The summed E-state index contributed by atoms with van der Waals surface area (Å²) < 4.78 is 2.44. The maximum atomic E-state index is 2.44. The maximum Gasteiger partial charge on any atom is 0.0619 e. The molecule has 0 atom stereocenters. The highest BCUT2D eigenvalue weighted by Crippen LogP contribution is 2.39. The van der Waals surface area contributed by atoms with Gasteiger partial charge in [-0.3, -0.25) is 0 Å². The minimum absolute atomic E-state index is 1.18. The van der Waals surface area contributed by atoms with Gasteiger partial charge in [0.05, 0.1) is 11.0 Å². The first-order chi connectivity index (χ1) is 27.5. The van der Waals surface area contributed by atoms with Crippen LogP contribution in [-0.4, -0.2) is 4.57 Å².